The fourth-order valence-corrected chi connectivity index (χ4v) is 2.15. The Kier molecular flexibility index (Phi) is 5.24. The van der Waals surface area contributed by atoms with E-state index in [-0.39, 0.29) is 0 Å². The Labute approximate surface area is 84.6 Å². The SMILES string of the molecule is CCCCN(CCBr)C1CCC1. The maximum atomic E-state index is 3.52. The number of halogens is 1. The van der Waals surface area contributed by atoms with Gasteiger partial charge in [0.05, 0.1) is 0 Å². The molecule has 1 aliphatic rings. The summed E-state index contributed by atoms with van der Waals surface area (Å²) in [5.74, 6) is 0. The van der Waals surface area contributed by atoms with Crippen molar-refractivity contribution in [3.8, 4) is 0 Å². The van der Waals surface area contributed by atoms with Gasteiger partial charge in [0.15, 0.2) is 0 Å². The Balaban J connectivity index is 2.17. The molecular weight excluding hydrogens is 214 g/mol. The quantitative estimate of drug-likeness (QED) is 0.638. The van der Waals surface area contributed by atoms with Crippen molar-refractivity contribution in [2.24, 2.45) is 0 Å². The molecule has 0 heterocycles. The summed E-state index contributed by atoms with van der Waals surface area (Å²) in [5.41, 5.74) is 0. The van der Waals surface area contributed by atoms with Crippen molar-refractivity contribution in [3.63, 3.8) is 0 Å². The highest BCUT2D eigenvalue weighted by Gasteiger charge is 2.23. The first-order chi connectivity index (χ1) is 5.88. The number of alkyl halides is 1. The molecule has 0 aliphatic heterocycles. The van der Waals surface area contributed by atoms with Gasteiger partial charge in [0.25, 0.3) is 0 Å². The van der Waals surface area contributed by atoms with E-state index in [9.17, 15) is 0 Å². The van der Waals surface area contributed by atoms with E-state index < -0.39 is 0 Å². The van der Waals surface area contributed by atoms with E-state index in [1.807, 2.05) is 0 Å². The van der Waals surface area contributed by atoms with Crippen LogP contribution in [0, 0.1) is 0 Å². The molecule has 0 saturated heterocycles. The molecule has 0 aromatic heterocycles. The average Bonchev–Trinajstić information content (AvgIpc) is 1.97. The molecule has 0 spiro atoms. The van der Waals surface area contributed by atoms with Crippen molar-refractivity contribution >= 4 is 15.9 Å². The molecule has 12 heavy (non-hydrogen) atoms. The topological polar surface area (TPSA) is 3.24 Å². The minimum Gasteiger partial charge on any atom is -0.300 e. The van der Waals surface area contributed by atoms with Gasteiger partial charge in [-0.05, 0) is 25.8 Å². The Bertz CT molecular complexity index is 112. The van der Waals surface area contributed by atoms with Gasteiger partial charge in [0.2, 0.25) is 0 Å². The summed E-state index contributed by atoms with van der Waals surface area (Å²) in [7, 11) is 0. The molecule has 0 amide bonds. The Morgan fingerprint density at radius 1 is 1.33 bits per heavy atom. The van der Waals surface area contributed by atoms with E-state index in [0.717, 1.165) is 11.4 Å². The van der Waals surface area contributed by atoms with E-state index in [2.05, 4.69) is 27.8 Å². The largest absolute Gasteiger partial charge is 0.300 e. The number of rotatable bonds is 6. The van der Waals surface area contributed by atoms with Gasteiger partial charge in [-0.2, -0.15) is 0 Å². The first-order valence-electron chi connectivity index (χ1n) is 5.18. The third-order valence-electron chi connectivity index (χ3n) is 2.76. The predicted molar refractivity (Wildman–Crippen MR) is 57.9 cm³/mol. The van der Waals surface area contributed by atoms with E-state index in [1.54, 1.807) is 0 Å². The molecule has 0 aromatic rings. The molecule has 1 saturated carbocycles. The highest BCUT2D eigenvalue weighted by Crippen LogP contribution is 2.24. The summed E-state index contributed by atoms with van der Waals surface area (Å²) in [6, 6.07) is 0.925. The van der Waals surface area contributed by atoms with Gasteiger partial charge < -0.3 is 0 Å². The van der Waals surface area contributed by atoms with Crippen molar-refractivity contribution in [2.75, 3.05) is 18.4 Å². The second kappa shape index (κ2) is 5.98. The second-order valence-electron chi connectivity index (χ2n) is 3.66. The third-order valence-corrected chi connectivity index (χ3v) is 3.12. The van der Waals surface area contributed by atoms with Crippen molar-refractivity contribution in [1.82, 2.24) is 4.90 Å². The van der Waals surface area contributed by atoms with Crippen LogP contribution in [-0.4, -0.2) is 29.4 Å². The maximum Gasteiger partial charge on any atom is 0.0159 e. The maximum absolute atomic E-state index is 3.52. The van der Waals surface area contributed by atoms with Gasteiger partial charge >= 0.3 is 0 Å². The van der Waals surface area contributed by atoms with Gasteiger partial charge in [0, 0.05) is 17.9 Å². The van der Waals surface area contributed by atoms with Crippen molar-refractivity contribution in [3.05, 3.63) is 0 Å². The van der Waals surface area contributed by atoms with Crippen molar-refractivity contribution in [2.45, 2.75) is 45.1 Å². The number of nitrogens with zero attached hydrogens (tertiary/aromatic N) is 1. The Morgan fingerprint density at radius 2 is 2.08 bits per heavy atom. The normalized spacial score (nSPS) is 18.2. The number of unbranched alkanes of at least 4 members (excludes halogenated alkanes) is 1. The highest BCUT2D eigenvalue weighted by molar-refractivity contribution is 9.09. The molecule has 1 rings (SSSR count). The van der Waals surface area contributed by atoms with Crippen molar-refractivity contribution in [1.29, 1.82) is 0 Å². The molecule has 2 heteroatoms. The zero-order valence-corrected chi connectivity index (χ0v) is 9.65. The van der Waals surface area contributed by atoms with Gasteiger partial charge in [-0.25, -0.2) is 0 Å². The standard InChI is InChI=1S/C10H20BrN/c1-2-3-8-12(9-7-11)10-5-4-6-10/h10H,2-9H2,1H3. The van der Waals surface area contributed by atoms with Gasteiger partial charge in [-0.1, -0.05) is 35.7 Å². The molecule has 72 valence electrons. The lowest BCUT2D eigenvalue weighted by Crippen LogP contribution is -2.41. The van der Waals surface area contributed by atoms with E-state index in [0.29, 0.717) is 0 Å². The minimum atomic E-state index is 0.925. The average molecular weight is 234 g/mol. The molecule has 0 unspecified atom stereocenters. The van der Waals surface area contributed by atoms with Gasteiger partial charge in [-0.3, -0.25) is 4.90 Å². The van der Waals surface area contributed by atoms with E-state index >= 15 is 0 Å². The van der Waals surface area contributed by atoms with Crippen LogP contribution in [-0.2, 0) is 0 Å². The Hall–Kier alpha value is 0.440. The number of hydrogen-bond donors (Lipinski definition) is 0. The highest BCUT2D eigenvalue weighted by atomic mass is 79.9. The van der Waals surface area contributed by atoms with Crippen LogP contribution in [0.25, 0.3) is 0 Å². The summed E-state index contributed by atoms with van der Waals surface area (Å²) in [6.07, 6.45) is 7.03. The minimum absolute atomic E-state index is 0.925. The van der Waals surface area contributed by atoms with E-state index in [4.69, 9.17) is 0 Å². The smallest absolute Gasteiger partial charge is 0.0159 e. The van der Waals surface area contributed by atoms with Crippen LogP contribution in [0.3, 0.4) is 0 Å². The molecule has 1 aliphatic carbocycles. The monoisotopic (exact) mass is 233 g/mol. The molecule has 0 aromatic carbocycles. The fraction of sp³-hybridized carbons (Fsp3) is 1.00. The van der Waals surface area contributed by atoms with Crippen LogP contribution >= 0.6 is 15.9 Å². The Morgan fingerprint density at radius 3 is 2.50 bits per heavy atom. The zero-order valence-electron chi connectivity index (χ0n) is 8.06. The molecule has 1 fully saturated rings. The lowest BCUT2D eigenvalue weighted by Gasteiger charge is -2.37. The van der Waals surface area contributed by atoms with Crippen LogP contribution in [0.1, 0.15) is 39.0 Å². The molecule has 0 radical (unpaired) electrons. The van der Waals surface area contributed by atoms with Crippen molar-refractivity contribution < 1.29 is 0 Å². The lowest BCUT2D eigenvalue weighted by atomic mass is 9.91. The lowest BCUT2D eigenvalue weighted by molar-refractivity contribution is 0.134. The first-order valence-corrected chi connectivity index (χ1v) is 6.30. The third kappa shape index (κ3) is 3.06. The summed E-state index contributed by atoms with van der Waals surface area (Å²) < 4.78 is 0. The van der Waals surface area contributed by atoms with Crippen LogP contribution in [0.15, 0.2) is 0 Å². The first kappa shape index (κ1) is 10.5. The molecular formula is C10H20BrN. The second-order valence-corrected chi connectivity index (χ2v) is 4.46. The van der Waals surface area contributed by atoms with Crippen LogP contribution in [0.2, 0.25) is 0 Å². The summed E-state index contributed by atoms with van der Waals surface area (Å²) in [4.78, 5) is 2.65. The van der Waals surface area contributed by atoms with E-state index in [1.165, 1.54) is 45.2 Å². The predicted octanol–water partition coefficient (Wildman–Crippen LogP) is 3.04. The zero-order chi connectivity index (χ0) is 8.81. The number of hydrogen-bond acceptors (Lipinski definition) is 1. The summed E-state index contributed by atoms with van der Waals surface area (Å²) >= 11 is 3.52. The molecule has 0 N–H and O–H groups in total. The van der Waals surface area contributed by atoms with Crippen LogP contribution in [0.4, 0.5) is 0 Å². The summed E-state index contributed by atoms with van der Waals surface area (Å²) in [6.45, 7) is 4.82. The van der Waals surface area contributed by atoms with Crippen LogP contribution in [0.5, 0.6) is 0 Å². The van der Waals surface area contributed by atoms with Gasteiger partial charge in [0.1, 0.15) is 0 Å². The van der Waals surface area contributed by atoms with Crippen LogP contribution < -0.4 is 0 Å². The fourth-order valence-electron chi connectivity index (χ4n) is 1.70. The van der Waals surface area contributed by atoms with Gasteiger partial charge in [-0.15, -0.1) is 0 Å². The molecule has 1 nitrogen and oxygen atoms in total. The summed E-state index contributed by atoms with van der Waals surface area (Å²) in [5, 5.41) is 1.13. The molecule has 0 atom stereocenters. The molecule has 0 bridgehead atoms.